The van der Waals surface area contributed by atoms with Gasteiger partial charge in [0.25, 0.3) is 0 Å². The summed E-state index contributed by atoms with van der Waals surface area (Å²) < 4.78 is 0.384. The number of carboxylic acids is 1. The fourth-order valence-electron chi connectivity index (χ4n) is 3.37. The lowest BCUT2D eigenvalue weighted by molar-refractivity contribution is -0.895. The van der Waals surface area contributed by atoms with E-state index in [0.717, 1.165) is 64.5 Å². The first-order chi connectivity index (χ1) is 11.9. The fraction of sp³-hybridized carbons (Fsp3) is 0.857. The highest BCUT2D eigenvalue weighted by molar-refractivity contribution is 5.71. The zero-order valence-electron chi connectivity index (χ0n) is 17.1. The van der Waals surface area contributed by atoms with Crippen LogP contribution in [0.5, 0.6) is 0 Å². The minimum Gasteiger partial charge on any atom is -0.507 e. The van der Waals surface area contributed by atoms with Crippen molar-refractivity contribution < 1.29 is 19.5 Å². The van der Waals surface area contributed by atoms with Crippen molar-refractivity contribution in [2.45, 2.75) is 104 Å². The van der Waals surface area contributed by atoms with E-state index in [1.54, 1.807) is 6.92 Å². The van der Waals surface area contributed by atoms with E-state index in [1.807, 2.05) is 6.20 Å². The summed E-state index contributed by atoms with van der Waals surface area (Å²) in [6, 6.07) is -0.522. The molecule has 0 rings (SSSR count). The maximum absolute atomic E-state index is 11.8. The van der Waals surface area contributed by atoms with Gasteiger partial charge < -0.3 is 10.2 Å². The summed E-state index contributed by atoms with van der Waals surface area (Å²) in [7, 11) is 0. The standard InChI is InChI=1S/C21H41NO3/c1-5-8-11-12-15-20(23)18-22(16-13-9-6-2,17-14-10-7-3)19(4)21(24)25/h18-19H,5-17H2,1-4H3,(H-,23,24,25)/p+1/b20-18-. The zero-order valence-corrected chi connectivity index (χ0v) is 17.1. The van der Waals surface area contributed by atoms with E-state index in [4.69, 9.17) is 0 Å². The van der Waals surface area contributed by atoms with Gasteiger partial charge in [-0.1, -0.05) is 52.9 Å². The molecule has 4 nitrogen and oxygen atoms in total. The number of aliphatic carboxylic acids is 1. The first-order valence-corrected chi connectivity index (χ1v) is 10.4. The lowest BCUT2D eigenvalue weighted by Gasteiger charge is -2.39. The summed E-state index contributed by atoms with van der Waals surface area (Å²) in [5.74, 6) is -0.403. The highest BCUT2D eigenvalue weighted by atomic mass is 16.4. The molecule has 0 bridgehead atoms. The Kier molecular flexibility index (Phi) is 13.6. The number of aliphatic hydroxyl groups excluding tert-OH is 1. The Bertz CT molecular complexity index is 369. The molecule has 0 aromatic rings. The van der Waals surface area contributed by atoms with Crippen molar-refractivity contribution in [2.75, 3.05) is 13.1 Å². The first-order valence-electron chi connectivity index (χ1n) is 10.4. The van der Waals surface area contributed by atoms with E-state index in [-0.39, 0.29) is 0 Å². The molecular weight excluding hydrogens is 314 g/mol. The Balaban J connectivity index is 5.27. The molecule has 25 heavy (non-hydrogen) atoms. The molecule has 0 heterocycles. The van der Waals surface area contributed by atoms with Gasteiger partial charge in [0, 0.05) is 6.42 Å². The summed E-state index contributed by atoms with van der Waals surface area (Å²) in [6.07, 6.45) is 13.4. The normalized spacial score (nSPS) is 13.8. The third kappa shape index (κ3) is 9.88. The van der Waals surface area contributed by atoms with Crippen molar-refractivity contribution in [1.82, 2.24) is 0 Å². The van der Waals surface area contributed by atoms with Crippen molar-refractivity contribution in [3.05, 3.63) is 12.0 Å². The predicted molar refractivity (Wildman–Crippen MR) is 106 cm³/mol. The van der Waals surface area contributed by atoms with Gasteiger partial charge in [-0.2, -0.15) is 0 Å². The number of aliphatic hydroxyl groups is 1. The van der Waals surface area contributed by atoms with Gasteiger partial charge in [-0.05, 0) is 39.0 Å². The quantitative estimate of drug-likeness (QED) is 0.202. The van der Waals surface area contributed by atoms with Gasteiger partial charge in [-0.15, -0.1) is 0 Å². The first kappa shape index (κ1) is 24.0. The fourth-order valence-corrected chi connectivity index (χ4v) is 3.37. The van der Waals surface area contributed by atoms with Gasteiger partial charge in [0.1, 0.15) is 12.0 Å². The van der Waals surface area contributed by atoms with Gasteiger partial charge in [-0.3, -0.25) is 4.48 Å². The van der Waals surface area contributed by atoms with E-state index < -0.39 is 12.0 Å². The molecule has 148 valence electrons. The molecule has 0 amide bonds. The largest absolute Gasteiger partial charge is 0.507 e. The minimum absolute atomic E-state index is 0.372. The Labute approximate surface area is 155 Å². The Morgan fingerprint density at radius 1 is 0.840 bits per heavy atom. The average Bonchev–Trinajstić information content (AvgIpc) is 2.58. The number of quaternary nitrogens is 1. The molecule has 0 aromatic carbocycles. The summed E-state index contributed by atoms with van der Waals surface area (Å²) in [5, 5.41) is 20.1. The number of carbonyl (C=O) groups is 1. The highest BCUT2D eigenvalue weighted by Gasteiger charge is 2.37. The molecule has 0 aliphatic carbocycles. The van der Waals surface area contributed by atoms with Crippen LogP contribution in [0.4, 0.5) is 0 Å². The predicted octanol–water partition coefficient (Wildman–Crippen LogP) is 6.03. The topological polar surface area (TPSA) is 57.5 Å². The van der Waals surface area contributed by atoms with Crippen LogP contribution in [0.3, 0.4) is 0 Å². The SMILES string of the molecule is CCCCCC/C(O)=C/[N+](CCCCC)(CCCCC)C(C)C(=O)O. The Morgan fingerprint density at radius 2 is 1.32 bits per heavy atom. The molecular formula is C21H42NO3+. The van der Waals surface area contributed by atoms with Crippen LogP contribution < -0.4 is 0 Å². The van der Waals surface area contributed by atoms with Crippen LogP contribution in [-0.4, -0.2) is 39.8 Å². The summed E-state index contributed by atoms with van der Waals surface area (Å²) in [5.41, 5.74) is 0. The molecule has 4 heteroatoms. The second kappa shape index (κ2) is 14.2. The summed E-state index contributed by atoms with van der Waals surface area (Å²) in [6.45, 7) is 9.88. The smallest absolute Gasteiger partial charge is 0.362 e. The number of unbranched alkanes of at least 4 members (excludes halogenated alkanes) is 7. The van der Waals surface area contributed by atoms with E-state index in [2.05, 4.69) is 20.8 Å². The van der Waals surface area contributed by atoms with E-state index >= 15 is 0 Å². The summed E-state index contributed by atoms with van der Waals surface area (Å²) >= 11 is 0. The van der Waals surface area contributed by atoms with Gasteiger partial charge >= 0.3 is 5.97 Å². The van der Waals surface area contributed by atoms with E-state index in [9.17, 15) is 15.0 Å². The molecule has 0 saturated carbocycles. The molecule has 1 atom stereocenters. The molecule has 1 unspecified atom stereocenters. The van der Waals surface area contributed by atoms with Crippen LogP contribution in [0.25, 0.3) is 0 Å². The van der Waals surface area contributed by atoms with E-state index in [0.29, 0.717) is 16.7 Å². The summed E-state index contributed by atoms with van der Waals surface area (Å²) in [4.78, 5) is 11.8. The average molecular weight is 357 g/mol. The van der Waals surface area contributed by atoms with Crippen LogP contribution >= 0.6 is 0 Å². The van der Waals surface area contributed by atoms with Crippen molar-refractivity contribution in [3.63, 3.8) is 0 Å². The van der Waals surface area contributed by atoms with Crippen LogP contribution in [0.2, 0.25) is 0 Å². The number of carboxylic acid groups (broad SMARTS) is 1. The monoisotopic (exact) mass is 356 g/mol. The van der Waals surface area contributed by atoms with Crippen molar-refractivity contribution in [3.8, 4) is 0 Å². The Morgan fingerprint density at radius 3 is 1.76 bits per heavy atom. The van der Waals surface area contributed by atoms with E-state index in [1.165, 1.54) is 12.8 Å². The molecule has 0 saturated heterocycles. The highest BCUT2D eigenvalue weighted by Crippen LogP contribution is 2.23. The van der Waals surface area contributed by atoms with Crippen LogP contribution in [0.1, 0.15) is 98.3 Å². The molecule has 0 spiro atoms. The van der Waals surface area contributed by atoms with Gasteiger partial charge in [0.15, 0.2) is 6.04 Å². The lowest BCUT2D eigenvalue weighted by Crippen LogP contribution is -2.54. The molecule has 0 aromatic heterocycles. The maximum Gasteiger partial charge on any atom is 0.362 e. The third-order valence-electron chi connectivity index (χ3n) is 5.18. The lowest BCUT2D eigenvalue weighted by atomic mass is 10.1. The third-order valence-corrected chi connectivity index (χ3v) is 5.18. The second-order valence-corrected chi connectivity index (χ2v) is 7.41. The molecule has 0 fully saturated rings. The second-order valence-electron chi connectivity index (χ2n) is 7.41. The van der Waals surface area contributed by atoms with Gasteiger partial charge in [0.05, 0.1) is 13.1 Å². The number of hydrogen-bond acceptors (Lipinski definition) is 2. The molecule has 0 radical (unpaired) electrons. The minimum atomic E-state index is -0.775. The molecule has 0 aliphatic rings. The van der Waals surface area contributed by atoms with Crippen LogP contribution in [-0.2, 0) is 4.79 Å². The van der Waals surface area contributed by atoms with Gasteiger partial charge in [-0.25, -0.2) is 4.79 Å². The number of allylic oxidation sites excluding steroid dienone is 1. The van der Waals surface area contributed by atoms with Crippen LogP contribution in [0, 0.1) is 0 Å². The number of hydrogen-bond donors (Lipinski definition) is 2. The van der Waals surface area contributed by atoms with Crippen LogP contribution in [0.15, 0.2) is 12.0 Å². The Hall–Kier alpha value is -1.03. The number of rotatable bonds is 16. The van der Waals surface area contributed by atoms with Crippen molar-refractivity contribution >= 4 is 5.97 Å². The van der Waals surface area contributed by atoms with Crippen molar-refractivity contribution in [2.24, 2.45) is 0 Å². The van der Waals surface area contributed by atoms with Gasteiger partial charge in [0.2, 0.25) is 0 Å². The molecule has 0 aliphatic heterocycles. The zero-order chi connectivity index (χ0) is 19.1. The van der Waals surface area contributed by atoms with Crippen molar-refractivity contribution in [1.29, 1.82) is 0 Å². The maximum atomic E-state index is 11.8. The number of nitrogens with zero attached hydrogens (tertiary/aromatic N) is 1. The molecule has 2 N–H and O–H groups in total.